The Hall–Kier alpha value is -1.40. The maximum Gasteiger partial charge on any atom is 0.255 e. The third-order valence-corrected chi connectivity index (χ3v) is 4.18. The second-order valence-corrected chi connectivity index (χ2v) is 6.41. The van der Waals surface area contributed by atoms with Gasteiger partial charge >= 0.3 is 0 Å². The van der Waals surface area contributed by atoms with Crippen LogP contribution >= 0.6 is 31.9 Å². The monoisotopic (exact) mass is 414 g/mol. The molecule has 1 amide bonds. The summed E-state index contributed by atoms with van der Waals surface area (Å²) in [5.74, 6) is -0.773. The van der Waals surface area contributed by atoms with E-state index in [0.29, 0.717) is 16.6 Å². The Kier molecular flexibility index (Phi) is 5.00. The summed E-state index contributed by atoms with van der Waals surface area (Å²) in [5.41, 5.74) is 6.82. The molecule has 0 aliphatic rings. The Morgan fingerprint density at radius 2 is 1.86 bits per heavy atom. The van der Waals surface area contributed by atoms with Crippen molar-refractivity contribution in [1.29, 1.82) is 0 Å². The lowest BCUT2D eigenvalue weighted by Gasteiger charge is -2.18. The van der Waals surface area contributed by atoms with Crippen LogP contribution < -0.4 is 5.73 Å². The molecule has 0 aliphatic carbocycles. The Morgan fingerprint density at radius 1 is 1.24 bits per heavy atom. The predicted molar refractivity (Wildman–Crippen MR) is 88.5 cm³/mol. The Balaban J connectivity index is 2.19. The molecular formula is C15H13Br2FN2O. The summed E-state index contributed by atoms with van der Waals surface area (Å²) in [4.78, 5) is 14.0. The number of hydrogen-bond donors (Lipinski definition) is 1. The number of carbonyl (C=O) groups excluding carboxylic acids is 1. The number of hydrogen-bond acceptors (Lipinski definition) is 2. The standard InChI is InChI=1S/C15H13Br2FN2O/c1-20(8-9-2-4-10(16)5-3-9)15(21)11-6-14(19)13(18)7-12(11)17/h2-7H,8,19H2,1H3. The number of anilines is 1. The van der Waals surface area contributed by atoms with Crippen molar-refractivity contribution >= 4 is 43.5 Å². The molecule has 21 heavy (non-hydrogen) atoms. The summed E-state index contributed by atoms with van der Waals surface area (Å²) in [6.07, 6.45) is 0. The second-order valence-electron chi connectivity index (χ2n) is 4.64. The van der Waals surface area contributed by atoms with Crippen molar-refractivity contribution in [3.8, 4) is 0 Å². The fourth-order valence-corrected chi connectivity index (χ4v) is 2.62. The second kappa shape index (κ2) is 6.58. The van der Waals surface area contributed by atoms with E-state index in [9.17, 15) is 9.18 Å². The number of nitrogens with two attached hydrogens (primary N) is 1. The van der Waals surface area contributed by atoms with E-state index in [2.05, 4.69) is 31.9 Å². The van der Waals surface area contributed by atoms with Gasteiger partial charge in [-0.1, -0.05) is 28.1 Å². The van der Waals surface area contributed by atoms with Crippen LogP contribution in [-0.4, -0.2) is 17.9 Å². The largest absolute Gasteiger partial charge is 0.396 e. The van der Waals surface area contributed by atoms with Crippen molar-refractivity contribution in [3.05, 3.63) is 62.3 Å². The summed E-state index contributed by atoms with van der Waals surface area (Å²) in [6, 6.07) is 10.2. The zero-order valence-electron chi connectivity index (χ0n) is 11.2. The fraction of sp³-hybridized carbons (Fsp3) is 0.133. The van der Waals surface area contributed by atoms with E-state index in [4.69, 9.17) is 5.73 Å². The maximum absolute atomic E-state index is 13.3. The van der Waals surface area contributed by atoms with Gasteiger partial charge in [0.25, 0.3) is 5.91 Å². The molecule has 0 saturated carbocycles. The van der Waals surface area contributed by atoms with Gasteiger partial charge in [-0.15, -0.1) is 0 Å². The molecule has 2 N–H and O–H groups in total. The summed E-state index contributed by atoms with van der Waals surface area (Å²) >= 11 is 6.56. The number of halogens is 3. The molecule has 6 heteroatoms. The quantitative estimate of drug-likeness (QED) is 0.763. The van der Waals surface area contributed by atoms with Gasteiger partial charge in [0, 0.05) is 22.5 Å². The number of nitrogen functional groups attached to an aromatic ring is 1. The number of nitrogens with zero attached hydrogens (tertiary/aromatic N) is 1. The van der Waals surface area contributed by atoms with Gasteiger partial charge in [0.05, 0.1) is 11.3 Å². The molecule has 0 aliphatic heterocycles. The van der Waals surface area contributed by atoms with E-state index < -0.39 is 5.82 Å². The van der Waals surface area contributed by atoms with Crippen molar-refractivity contribution in [2.75, 3.05) is 12.8 Å². The van der Waals surface area contributed by atoms with Gasteiger partial charge in [-0.25, -0.2) is 4.39 Å². The lowest BCUT2D eigenvalue weighted by atomic mass is 10.1. The molecule has 0 saturated heterocycles. The Morgan fingerprint density at radius 3 is 2.48 bits per heavy atom. The highest BCUT2D eigenvalue weighted by Crippen LogP contribution is 2.24. The molecule has 0 atom stereocenters. The first-order valence-corrected chi connectivity index (χ1v) is 7.71. The Labute approximate surface area is 139 Å². The van der Waals surface area contributed by atoms with Gasteiger partial charge < -0.3 is 10.6 Å². The molecule has 0 bridgehead atoms. The molecule has 2 rings (SSSR count). The van der Waals surface area contributed by atoms with Crippen molar-refractivity contribution in [3.63, 3.8) is 0 Å². The van der Waals surface area contributed by atoms with Gasteiger partial charge in [0.15, 0.2) is 0 Å². The van der Waals surface area contributed by atoms with Crippen molar-refractivity contribution in [2.45, 2.75) is 6.54 Å². The van der Waals surface area contributed by atoms with Crippen molar-refractivity contribution in [2.24, 2.45) is 0 Å². The highest BCUT2D eigenvalue weighted by atomic mass is 79.9. The van der Waals surface area contributed by atoms with E-state index in [1.54, 1.807) is 11.9 Å². The van der Waals surface area contributed by atoms with Crippen LogP contribution in [-0.2, 0) is 6.54 Å². The van der Waals surface area contributed by atoms with Crippen LogP contribution in [0.2, 0.25) is 0 Å². The summed E-state index contributed by atoms with van der Waals surface area (Å²) in [6.45, 7) is 0.454. The number of carbonyl (C=O) groups is 1. The smallest absolute Gasteiger partial charge is 0.255 e. The summed E-state index contributed by atoms with van der Waals surface area (Å²) in [5, 5.41) is 0. The van der Waals surface area contributed by atoms with Gasteiger partial charge in [-0.3, -0.25) is 4.79 Å². The zero-order chi connectivity index (χ0) is 15.6. The van der Waals surface area contributed by atoms with Gasteiger partial charge in [0.2, 0.25) is 0 Å². The molecule has 0 radical (unpaired) electrons. The molecule has 0 fully saturated rings. The normalized spacial score (nSPS) is 10.5. The van der Waals surface area contributed by atoms with Crippen LogP contribution in [0.3, 0.4) is 0 Å². The van der Waals surface area contributed by atoms with Crippen LogP contribution in [0.5, 0.6) is 0 Å². The van der Waals surface area contributed by atoms with Gasteiger partial charge in [0.1, 0.15) is 5.82 Å². The molecular weight excluding hydrogens is 403 g/mol. The molecule has 110 valence electrons. The molecule has 0 spiro atoms. The van der Waals surface area contributed by atoms with Crippen LogP contribution in [0.1, 0.15) is 15.9 Å². The first-order valence-electron chi connectivity index (χ1n) is 6.13. The molecule has 3 nitrogen and oxygen atoms in total. The predicted octanol–water partition coefficient (Wildman–Crippen LogP) is 4.21. The molecule has 2 aromatic carbocycles. The minimum absolute atomic E-state index is 0.0430. The zero-order valence-corrected chi connectivity index (χ0v) is 14.4. The average Bonchev–Trinajstić information content (AvgIpc) is 2.44. The van der Waals surface area contributed by atoms with Gasteiger partial charge in [-0.05, 0) is 45.8 Å². The third kappa shape index (κ3) is 3.83. The van der Waals surface area contributed by atoms with Crippen molar-refractivity contribution < 1.29 is 9.18 Å². The molecule has 0 aromatic heterocycles. The molecule has 0 heterocycles. The van der Waals surface area contributed by atoms with Crippen LogP contribution in [0.15, 0.2) is 45.3 Å². The lowest BCUT2D eigenvalue weighted by Crippen LogP contribution is -2.26. The topological polar surface area (TPSA) is 46.3 Å². The summed E-state index contributed by atoms with van der Waals surface area (Å²) < 4.78 is 14.7. The van der Waals surface area contributed by atoms with Crippen LogP contribution in [0.4, 0.5) is 10.1 Å². The number of benzene rings is 2. The van der Waals surface area contributed by atoms with E-state index in [0.717, 1.165) is 10.0 Å². The summed E-state index contributed by atoms with van der Waals surface area (Å²) in [7, 11) is 1.69. The SMILES string of the molecule is CN(Cc1ccc(Br)cc1)C(=O)c1cc(N)c(F)cc1Br. The third-order valence-electron chi connectivity index (χ3n) is 3.00. The van der Waals surface area contributed by atoms with Crippen LogP contribution in [0, 0.1) is 5.82 Å². The maximum atomic E-state index is 13.3. The van der Waals surface area contributed by atoms with E-state index in [1.165, 1.54) is 12.1 Å². The first kappa shape index (κ1) is 16.0. The van der Waals surface area contributed by atoms with E-state index >= 15 is 0 Å². The minimum Gasteiger partial charge on any atom is -0.396 e. The Bertz CT molecular complexity index is 674. The van der Waals surface area contributed by atoms with Crippen molar-refractivity contribution in [1.82, 2.24) is 4.90 Å². The number of rotatable bonds is 3. The number of amides is 1. The first-order chi connectivity index (χ1) is 9.88. The highest BCUT2D eigenvalue weighted by molar-refractivity contribution is 9.10. The lowest BCUT2D eigenvalue weighted by molar-refractivity contribution is 0.0784. The highest BCUT2D eigenvalue weighted by Gasteiger charge is 2.17. The van der Waals surface area contributed by atoms with E-state index in [-0.39, 0.29) is 11.6 Å². The average molecular weight is 416 g/mol. The van der Waals surface area contributed by atoms with Gasteiger partial charge in [-0.2, -0.15) is 0 Å². The van der Waals surface area contributed by atoms with Crippen LogP contribution in [0.25, 0.3) is 0 Å². The van der Waals surface area contributed by atoms with E-state index in [1.807, 2.05) is 24.3 Å². The molecule has 0 unspecified atom stereocenters. The fourth-order valence-electron chi connectivity index (χ4n) is 1.87. The molecule has 2 aromatic rings. The minimum atomic E-state index is -0.547.